The van der Waals surface area contributed by atoms with Gasteiger partial charge in [-0.05, 0) is 44.2 Å². The number of hydrogen-bond acceptors (Lipinski definition) is 3. The summed E-state index contributed by atoms with van der Waals surface area (Å²) in [5.74, 6) is -0.433. The monoisotopic (exact) mass is 239 g/mol. The fourth-order valence-electron chi connectivity index (χ4n) is 2.19. The quantitative estimate of drug-likeness (QED) is 0.858. The summed E-state index contributed by atoms with van der Waals surface area (Å²) in [6.45, 7) is 0.849. The van der Waals surface area contributed by atoms with Crippen molar-refractivity contribution in [3.63, 3.8) is 0 Å². The molecule has 2 unspecified atom stereocenters. The fourth-order valence-corrected chi connectivity index (χ4v) is 2.19. The molecule has 2 heterocycles. The van der Waals surface area contributed by atoms with Crippen LogP contribution in [0.2, 0.25) is 0 Å². The maximum absolute atomic E-state index is 13.3. The average Bonchev–Trinajstić information content (AvgIpc) is 2.82. The lowest BCUT2D eigenvalue weighted by molar-refractivity contribution is 0.0934. The van der Waals surface area contributed by atoms with Crippen LogP contribution < -0.4 is 0 Å². The molecule has 0 saturated carbocycles. The zero-order valence-electron chi connectivity index (χ0n) is 9.81. The Morgan fingerprint density at radius 1 is 1.59 bits per heavy atom. The van der Waals surface area contributed by atoms with Crippen LogP contribution in [0, 0.1) is 5.82 Å². The number of ether oxygens (including phenoxy) is 1. The first-order chi connectivity index (χ1) is 8.27. The first-order valence-electron chi connectivity index (χ1n) is 6.17. The van der Waals surface area contributed by atoms with E-state index < -0.39 is 11.9 Å². The van der Waals surface area contributed by atoms with Crippen molar-refractivity contribution in [3.05, 3.63) is 29.8 Å². The number of aliphatic hydroxyl groups is 1. The van der Waals surface area contributed by atoms with Gasteiger partial charge in [-0.1, -0.05) is 0 Å². The van der Waals surface area contributed by atoms with Gasteiger partial charge in [-0.25, -0.2) is 4.39 Å². The number of aromatic nitrogens is 1. The summed E-state index contributed by atoms with van der Waals surface area (Å²) in [7, 11) is 0. The Morgan fingerprint density at radius 2 is 2.47 bits per heavy atom. The highest BCUT2D eigenvalue weighted by atomic mass is 19.1. The molecule has 1 aliphatic rings. The minimum atomic E-state index is -0.808. The largest absolute Gasteiger partial charge is 0.387 e. The highest BCUT2D eigenvalue weighted by molar-refractivity contribution is 5.09. The second-order valence-corrected chi connectivity index (χ2v) is 4.45. The number of halogens is 1. The zero-order valence-corrected chi connectivity index (χ0v) is 9.81. The van der Waals surface area contributed by atoms with Gasteiger partial charge in [0.25, 0.3) is 0 Å². The van der Waals surface area contributed by atoms with E-state index in [1.54, 1.807) is 0 Å². The van der Waals surface area contributed by atoms with E-state index in [9.17, 15) is 9.50 Å². The standard InChI is InChI=1S/C13H18FNO2/c14-11-6-2-8-15-13(11)12(16)7-1-4-10-5-3-9-17-10/h2,6,8,10,12,16H,1,3-5,7,9H2. The third kappa shape index (κ3) is 3.48. The molecule has 1 saturated heterocycles. The van der Waals surface area contributed by atoms with Crippen LogP contribution in [-0.4, -0.2) is 22.8 Å². The minimum Gasteiger partial charge on any atom is -0.387 e. The Balaban J connectivity index is 1.77. The van der Waals surface area contributed by atoms with E-state index in [4.69, 9.17) is 4.74 Å². The van der Waals surface area contributed by atoms with E-state index in [1.165, 1.54) is 18.3 Å². The summed E-state index contributed by atoms with van der Waals surface area (Å²) >= 11 is 0. The van der Waals surface area contributed by atoms with Crippen molar-refractivity contribution in [1.82, 2.24) is 4.98 Å². The molecule has 1 aromatic rings. The molecule has 0 aliphatic carbocycles. The summed E-state index contributed by atoms with van der Waals surface area (Å²) in [6, 6.07) is 2.85. The molecule has 1 fully saturated rings. The molecular formula is C13H18FNO2. The van der Waals surface area contributed by atoms with Gasteiger partial charge in [0.2, 0.25) is 0 Å². The van der Waals surface area contributed by atoms with Crippen LogP contribution in [0.25, 0.3) is 0 Å². The Morgan fingerprint density at radius 3 is 3.18 bits per heavy atom. The summed E-state index contributed by atoms with van der Waals surface area (Å²) in [5, 5.41) is 9.83. The van der Waals surface area contributed by atoms with Crippen molar-refractivity contribution in [3.8, 4) is 0 Å². The molecule has 1 aromatic heterocycles. The van der Waals surface area contributed by atoms with E-state index in [0.717, 1.165) is 32.3 Å². The Bertz CT molecular complexity index is 353. The van der Waals surface area contributed by atoms with Crippen LogP contribution in [0.1, 0.15) is 43.9 Å². The molecule has 0 aromatic carbocycles. The predicted molar refractivity (Wildman–Crippen MR) is 62.0 cm³/mol. The van der Waals surface area contributed by atoms with Crippen LogP contribution in [0.15, 0.2) is 18.3 Å². The lowest BCUT2D eigenvalue weighted by Crippen LogP contribution is -2.07. The van der Waals surface area contributed by atoms with E-state index in [-0.39, 0.29) is 5.69 Å². The van der Waals surface area contributed by atoms with Crippen molar-refractivity contribution in [1.29, 1.82) is 0 Å². The maximum atomic E-state index is 13.3. The first-order valence-corrected chi connectivity index (χ1v) is 6.17. The summed E-state index contributed by atoms with van der Waals surface area (Å²) in [5.41, 5.74) is 0.153. The van der Waals surface area contributed by atoms with Gasteiger partial charge in [0.15, 0.2) is 0 Å². The maximum Gasteiger partial charge on any atom is 0.147 e. The number of hydrogen-bond donors (Lipinski definition) is 1. The van der Waals surface area contributed by atoms with Gasteiger partial charge in [-0.2, -0.15) is 0 Å². The lowest BCUT2D eigenvalue weighted by Gasteiger charge is -2.12. The van der Waals surface area contributed by atoms with Gasteiger partial charge >= 0.3 is 0 Å². The highest BCUT2D eigenvalue weighted by Gasteiger charge is 2.17. The Hall–Kier alpha value is -1.00. The molecule has 17 heavy (non-hydrogen) atoms. The Labute approximate surface area is 101 Å². The van der Waals surface area contributed by atoms with Crippen LogP contribution in [0.4, 0.5) is 4.39 Å². The second kappa shape index (κ2) is 6.07. The molecular weight excluding hydrogens is 221 g/mol. The molecule has 0 amide bonds. The van der Waals surface area contributed by atoms with Crippen LogP contribution in [0.5, 0.6) is 0 Å². The molecule has 2 rings (SSSR count). The smallest absolute Gasteiger partial charge is 0.147 e. The molecule has 0 spiro atoms. The van der Waals surface area contributed by atoms with Crippen molar-refractivity contribution in [2.45, 2.75) is 44.3 Å². The van der Waals surface area contributed by atoms with Crippen molar-refractivity contribution < 1.29 is 14.2 Å². The molecule has 94 valence electrons. The molecule has 3 nitrogen and oxygen atoms in total. The number of pyridine rings is 1. The molecule has 2 atom stereocenters. The highest BCUT2D eigenvalue weighted by Crippen LogP contribution is 2.23. The summed E-state index contributed by atoms with van der Waals surface area (Å²) in [6.07, 6.45) is 5.56. The first kappa shape index (κ1) is 12.5. The minimum absolute atomic E-state index is 0.153. The number of nitrogens with zero attached hydrogens (tertiary/aromatic N) is 1. The van der Waals surface area contributed by atoms with Crippen molar-refractivity contribution in [2.75, 3.05) is 6.61 Å². The summed E-state index contributed by atoms with van der Waals surface area (Å²) in [4.78, 5) is 3.87. The van der Waals surface area contributed by atoms with Crippen LogP contribution in [-0.2, 0) is 4.74 Å². The predicted octanol–water partition coefficient (Wildman–Crippen LogP) is 2.60. The lowest BCUT2D eigenvalue weighted by atomic mass is 10.0. The molecule has 0 radical (unpaired) electrons. The number of rotatable bonds is 5. The van der Waals surface area contributed by atoms with Gasteiger partial charge in [-0.3, -0.25) is 4.98 Å². The van der Waals surface area contributed by atoms with Gasteiger partial charge in [-0.15, -0.1) is 0 Å². The van der Waals surface area contributed by atoms with Gasteiger partial charge in [0.1, 0.15) is 11.5 Å². The van der Waals surface area contributed by atoms with Crippen LogP contribution >= 0.6 is 0 Å². The van der Waals surface area contributed by atoms with Gasteiger partial charge in [0, 0.05) is 12.8 Å². The van der Waals surface area contributed by atoms with E-state index >= 15 is 0 Å². The van der Waals surface area contributed by atoms with E-state index in [0.29, 0.717) is 12.5 Å². The third-order valence-corrected chi connectivity index (χ3v) is 3.13. The second-order valence-electron chi connectivity index (χ2n) is 4.45. The normalized spacial score (nSPS) is 21.6. The average molecular weight is 239 g/mol. The topological polar surface area (TPSA) is 42.4 Å². The van der Waals surface area contributed by atoms with Crippen molar-refractivity contribution in [2.24, 2.45) is 0 Å². The van der Waals surface area contributed by atoms with Gasteiger partial charge < -0.3 is 9.84 Å². The number of aliphatic hydroxyl groups excluding tert-OH is 1. The zero-order chi connectivity index (χ0) is 12.1. The third-order valence-electron chi connectivity index (χ3n) is 3.13. The van der Waals surface area contributed by atoms with E-state index in [2.05, 4.69) is 4.98 Å². The Kier molecular flexibility index (Phi) is 4.45. The fraction of sp³-hybridized carbons (Fsp3) is 0.615. The van der Waals surface area contributed by atoms with Crippen LogP contribution in [0.3, 0.4) is 0 Å². The summed E-state index contributed by atoms with van der Waals surface area (Å²) < 4.78 is 18.8. The van der Waals surface area contributed by atoms with E-state index in [1.807, 2.05) is 0 Å². The molecule has 1 N–H and O–H groups in total. The molecule has 0 bridgehead atoms. The molecule has 4 heteroatoms. The van der Waals surface area contributed by atoms with Gasteiger partial charge in [0.05, 0.1) is 12.2 Å². The SMILES string of the molecule is OC(CCCC1CCCO1)c1ncccc1F. The van der Waals surface area contributed by atoms with Crippen molar-refractivity contribution >= 4 is 0 Å². The molecule has 1 aliphatic heterocycles.